The lowest BCUT2D eigenvalue weighted by Gasteiger charge is -1.85. The minimum atomic E-state index is 0.733. The van der Waals surface area contributed by atoms with Crippen molar-refractivity contribution in [2.75, 3.05) is 0 Å². The molecule has 0 amide bonds. The van der Waals surface area contributed by atoms with Crippen molar-refractivity contribution in [1.29, 1.82) is 5.26 Å². The maximum absolute atomic E-state index is 8.65. The Morgan fingerprint density at radius 1 is 0.917 bits per heavy atom. The molecular formula is C11H7N. The monoisotopic (exact) mass is 153 g/mol. The van der Waals surface area contributed by atoms with Crippen molar-refractivity contribution >= 4 is 0 Å². The van der Waals surface area contributed by atoms with Crippen LogP contribution in [0.3, 0.4) is 0 Å². The molecule has 0 atom stereocenters. The van der Waals surface area contributed by atoms with Crippen LogP contribution in [0.15, 0.2) is 42.5 Å². The summed E-state index contributed by atoms with van der Waals surface area (Å²) < 4.78 is 0. The van der Waals surface area contributed by atoms with Crippen LogP contribution >= 0.6 is 0 Å². The molecule has 0 aromatic carbocycles. The lowest BCUT2D eigenvalue weighted by Crippen LogP contribution is -1.59. The number of nitriles is 1. The van der Waals surface area contributed by atoms with Gasteiger partial charge in [0.15, 0.2) is 0 Å². The molecule has 0 aromatic rings. The third-order valence-corrected chi connectivity index (χ3v) is 1.86. The fourth-order valence-electron chi connectivity index (χ4n) is 1.28. The van der Waals surface area contributed by atoms with Crippen molar-refractivity contribution in [1.82, 2.24) is 0 Å². The van der Waals surface area contributed by atoms with E-state index in [0.717, 1.165) is 16.7 Å². The van der Waals surface area contributed by atoms with Gasteiger partial charge in [0.25, 0.3) is 0 Å². The van der Waals surface area contributed by atoms with E-state index >= 15 is 0 Å². The van der Waals surface area contributed by atoms with Gasteiger partial charge in [0.1, 0.15) is 0 Å². The number of rotatable bonds is 0. The van der Waals surface area contributed by atoms with Crippen LogP contribution < -0.4 is 0 Å². The molecule has 0 aromatic heterocycles. The average Bonchev–Trinajstić information content (AvgIpc) is 2.37. The number of hydrogen-bond donors (Lipinski definition) is 0. The molecular weight excluding hydrogens is 146 g/mol. The van der Waals surface area contributed by atoms with E-state index in [2.05, 4.69) is 6.07 Å². The van der Waals surface area contributed by atoms with Gasteiger partial charge in [-0.25, -0.2) is 0 Å². The highest BCUT2D eigenvalue weighted by Crippen LogP contribution is 2.23. The van der Waals surface area contributed by atoms with Gasteiger partial charge in [0, 0.05) is 0 Å². The molecule has 1 heteroatoms. The number of fused-ring (bicyclic) bond motifs is 1. The van der Waals surface area contributed by atoms with Crippen LogP contribution in [-0.4, -0.2) is 0 Å². The van der Waals surface area contributed by atoms with Crippen LogP contribution in [0.5, 0.6) is 0 Å². The second kappa shape index (κ2) is 2.67. The van der Waals surface area contributed by atoms with Gasteiger partial charge in [0.05, 0.1) is 11.6 Å². The van der Waals surface area contributed by atoms with Crippen LogP contribution in [-0.2, 0) is 0 Å². The molecule has 0 saturated heterocycles. The lowest BCUT2D eigenvalue weighted by atomic mass is 10.2. The summed E-state index contributed by atoms with van der Waals surface area (Å²) >= 11 is 0. The molecule has 12 heavy (non-hydrogen) atoms. The van der Waals surface area contributed by atoms with Crippen LogP contribution in [0, 0.1) is 11.3 Å². The van der Waals surface area contributed by atoms with Gasteiger partial charge >= 0.3 is 0 Å². The molecule has 1 nitrogen and oxygen atoms in total. The van der Waals surface area contributed by atoms with E-state index < -0.39 is 0 Å². The number of nitrogens with zero attached hydrogens (tertiary/aromatic N) is 1. The van der Waals surface area contributed by atoms with Crippen molar-refractivity contribution in [2.24, 2.45) is 0 Å². The Bertz CT molecular complexity index is 381. The molecule has 0 radical (unpaired) electrons. The topological polar surface area (TPSA) is 23.8 Å². The van der Waals surface area contributed by atoms with Gasteiger partial charge in [-0.15, -0.1) is 0 Å². The van der Waals surface area contributed by atoms with Crippen molar-refractivity contribution in [2.45, 2.75) is 0 Å². The van der Waals surface area contributed by atoms with Crippen molar-refractivity contribution in [3.63, 3.8) is 0 Å². The Morgan fingerprint density at radius 3 is 2.00 bits per heavy atom. The number of hydrogen-bond acceptors (Lipinski definition) is 1. The largest absolute Gasteiger partial charge is 0.192 e. The first kappa shape index (κ1) is 6.87. The Hall–Kier alpha value is -1.81. The van der Waals surface area contributed by atoms with E-state index in [9.17, 15) is 0 Å². The smallest absolute Gasteiger partial charge is 0.0992 e. The van der Waals surface area contributed by atoms with Crippen molar-refractivity contribution in [3.05, 3.63) is 48.0 Å². The van der Waals surface area contributed by atoms with Crippen LogP contribution in [0.2, 0.25) is 0 Å². The minimum absolute atomic E-state index is 0.733. The second-order valence-electron chi connectivity index (χ2n) is 2.68. The van der Waals surface area contributed by atoms with E-state index in [1.165, 1.54) is 0 Å². The highest BCUT2D eigenvalue weighted by Gasteiger charge is 2.02. The highest BCUT2D eigenvalue weighted by atomic mass is 14.2. The zero-order valence-electron chi connectivity index (χ0n) is 6.49. The molecule has 0 fully saturated rings. The molecule has 56 valence electrons. The molecule has 0 saturated carbocycles. The molecule has 2 aliphatic carbocycles. The zero-order valence-corrected chi connectivity index (χ0v) is 6.49. The summed E-state index contributed by atoms with van der Waals surface area (Å²) in [4.78, 5) is 0. The van der Waals surface area contributed by atoms with E-state index in [1.807, 2.05) is 42.5 Å². The maximum atomic E-state index is 8.65. The highest BCUT2D eigenvalue weighted by molar-refractivity contribution is 5.69. The van der Waals surface area contributed by atoms with Crippen LogP contribution in [0.25, 0.3) is 11.1 Å². The molecule has 0 N–H and O–H groups in total. The van der Waals surface area contributed by atoms with Gasteiger partial charge < -0.3 is 0 Å². The Morgan fingerprint density at radius 2 is 1.50 bits per heavy atom. The summed E-state index contributed by atoms with van der Waals surface area (Å²) in [6.07, 6.45) is 0. The van der Waals surface area contributed by atoms with Gasteiger partial charge in [-0.3, -0.25) is 0 Å². The van der Waals surface area contributed by atoms with Gasteiger partial charge in [-0.1, -0.05) is 30.3 Å². The molecule has 2 aliphatic rings. The third kappa shape index (κ3) is 1.04. The maximum Gasteiger partial charge on any atom is 0.0992 e. The third-order valence-electron chi connectivity index (χ3n) is 1.86. The van der Waals surface area contributed by atoms with E-state index in [-0.39, 0.29) is 0 Å². The normalized spacial score (nSPS) is 9.58. The second-order valence-corrected chi connectivity index (χ2v) is 2.68. The Kier molecular flexibility index (Phi) is 1.53. The summed E-state index contributed by atoms with van der Waals surface area (Å²) in [5.74, 6) is 0. The summed E-state index contributed by atoms with van der Waals surface area (Å²) in [5.41, 5.74) is 2.98. The fraction of sp³-hybridized carbons (Fsp3) is 0. The van der Waals surface area contributed by atoms with Gasteiger partial charge in [0.2, 0.25) is 0 Å². The standard InChI is InChI=1S/C11H7N/c12-8-9-6-10-4-2-1-3-5-11(10)7-9/h1-7H. The molecule has 0 heterocycles. The van der Waals surface area contributed by atoms with Crippen molar-refractivity contribution < 1.29 is 0 Å². The van der Waals surface area contributed by atoms with Crippen molar-refractivity contribution in [3.8, 4) is 17.2 Å². The fourth-order valence-corrected chi connectivity index (χ4v) is 1.28. The van der Waals surface area contributed by atoms with Gasteiger partial charge in [-0.05, 0) is 23.3 Å². The SMILES string of the molecule is N#Cc1cc2cccccc-2c1. The van der Waals surface area contributed by atoms with E-state index in [4.69, 9.17) is 5.26 Å². The predicted octanol–water partition coefficient (Wildman–Crippen LogP) is 2.66. The van der Waals surface area contributed by atoms with E-state index in [0.29, 0.717) is 0 Å². The first-order valence-electron chi connectivity index (χ1n) is 3.79. The van der Waals surface area contributed by atoms with Crippen LogP contribution in [0.1, 0.15) is 5.56 Å². The molecule has 0 aliphatic heterocycles. The average molecular weight is 153 g/mol. The minimum Gasteiger partial charge on any atom is -0.192 e. The zero-order chi connectivity index (χ0) is 8.39. The quantitative estimate of drug-likeness (QED) is 0.570. The Balaban J connectivity index is 2.71. The Labute approximate surface area is 71.2 Å². The summed E-state index contributed by atoms with van der Waals surface area (Å²) in [6.45, 7) is 0. The molecule has 0 spiro atoms. The first-order chi connectivity index (χ1) is 5.90. The van der Waals surface area contributed by atoms with Gasteiger partial charge in [-0.2, -0.15) is 5.26 Å². The van der Waals surface area contributed by atoms with Crippen LogP contribution in [0.4, 0.5) is 0 Å². The summed E-state index contributed by atoms with van der Waals surface area (Å²) in [5, 5.41) is 8.65. The summed E-state index contributed by atoms with van der Waals surface area (Å²) in [6, 6.07) is 15.9. The van der Waals surface area contributed by atoms with E-state index in [1.54, 1.807) is 0 Å². The molecule has 0 unspecified atom stereocenters. The molecule has 2 rings (SSSR count). The summed E-state index contributed by atoms with van der Waals surface area (Å²) in [7, 11) is 0. The lowest BCUT2D eigenvalue weighted by molar-refractivity contribution is 1.51. The molecule has 0 bridgehead atoms. The predicted molar refractivity (Wildman–Crippen MR) is 47.8 cm³/mol. The first-order valence-corrected chi connectivity index (χ1v) is 3.79.